The lowest BCUT2D eigenvalue weighted by Gasteiger charge is -2.23. The number of allylic oxidation sites excluding steroid dienone is 1. The van der Waals surface area contributed by atoms with Gasteiger partial charge in [-0.25, -0.2) is 9.59 Å². The van der Waals surface area contributed by atoms with Gasteiger partial charge in [0, 0.05) is 55.6 Å². The number of Topliss-reactive ketones (excluding diaryl/α,β-unsaturated/α-hetero) is 1. The van der Waals surface area contributed by atoms with Crippen molar-refractivity contribution in [2.24, 2.45) is 16.8 Å². The molecule has 0 saturated carbocycles. The zero-order chi connectivity index (χ0) is 38.2. The van der Waals surface area contributed by atoms with Gasteiger partial charge in [-0.15, -0.1) is 12.4 Å². The number of nitrogens with zero attached hydrogens (tertiary/aromatic N) is 3. The molecule has 2 fully saturated rings. The lowest BCUT2D eigenvalue weighted by molar-refractivity contribution is -0.135. The minimum atomic E-state index is -0.674. The van der Waals surface area contributed by atoms with Gasteiger partial charge in [0.25, 0.3) is 0 Å². The Balaban J connectivity index is 0.000000244. The number of carbonyl (C=O) groups is 3. The molecule has 0 bridgehead atoms. The molecule has 2 aromatic carbocycles. The highest BCUT2D eigenvalue weighted by Crippen LogP contribution is 2.22. The molecule has 3 aliphatic heterocycles. The summed E-state index contributed by atoms with van der Waals surface area (Å²) in [5.41, 5.74) is 4.12. The summed E-state index contributed by atoms with van der Waals surface area (Å²) < 4.78 is 22.2. The number of rotatable bonds is 9. The number of aromatic nitrogens is 2. The van der Waals surface area contributed by atoms with E-state index in [4.69, 9.17) is 18.9 Å². The predicted octanol–water partition coefficient (Wildman–Crippen LogP) is 7.02. The first-order valence-corrected chi connectivity index (χ1v) is 19.4. The monoisotopic (exact) mass is 827 g/mol. The van der Waals surface area contributed by atoms with E-state index in [9.17, 15) is 19.2 Å². The normalized spacial score (nSPS) is 15.9. The van der Waals surface area contributed by atoms with Crippen LogP contribution in [-0.2, 0) is 35.1 Å². The highest BCUT2D eigenvalue weighted by Gasteiger charge is 2.28. The molecule has 2 saturated heterocycles. The van der Waals surface area contributed by atoms with Crippen LogP contribution in [0.1, 0.15) is 66.7 Å². The molecule has 0 atom stereocenters. The Bertz CT molecular complexity index is 1800. The molecule has 292 valence electrons. The van der Waals surface area contributed by atoms with E-state index in [-0.39, 0.29) is 42.8 Å². The maximum atomic E-state index is 12.8. The maximum Gasteiger partial charge on any atom is 0.362 e. The van der Waals surface area contributed by atoms with Crippen LogP contribution in [0.25, 0.3) is 16.7 Å². The van der Waals surface area contributed by atoms with Crippen molar-refractivity contribution < 1.29 is 33.3 Å². The third kappa shape index (κ3) is 13.1. The fourth-order valence-electron chi connectivity index (χ4n) is 5.86. The minimum Gasteiger partial charge on any atom is -0.461 e. The van der Waals surface area contributed by atoms with E-state index < -0.39 is 17.4 Å². The summed E-state index contributed by atoms with van der Waals surface area (Å²) in [6.45, 7) is 12.2. The number of carbonyl (C=O) groups excluding carboxylic acids is 3. The number of ketones is 1. The van der Waals surface area contributed by atoms with Gasteiger partial charge >= 0.3 is 11.9 Å². The van der Waals surface area contributed by atoms with Crippen LogP contribution in [0.15, 0.2) is 70.6 Å². The third-order valence-electron chi connectivity index (χ3n) is 8.98. The number of alkyl halides is 1. The first kappa shape index (κ1) is 44.4. The van der Waals surface area contributed by atoms with Gasteiger partial charge in [0.2, 0.25) is 16.9 Å². The molecule has 54 heavy (non-hydrogen) atoms. The zero-order valence-electron chi connectivity index (χ0n) is 31.5. The third-order valence-corrected chi connectivity index (χ3v) is 9.89. The molecule has 0 aliphatic carbocycles. The minimum absolute atomic E-state index is 0. The fourth-order valence-corrected chi connectivity index (χ4v) is 6.50. The van der Waals surface area contributed by atoms with Crippen LogP contribution in [0.5, 0.6) is 0 Å². The second-order valence-corrected chi connectivity index (χ2v) is 13.7. The van der Waals surface area contributed by atoms with E-state index in [0.717, 1.165) is 72.8 Å². The van der Waals surface area contributed by atoms with Gasteiger partial charge in [-0.3, -0.25) is 19.3 Å². The summed E-state index contributed by atoms with van der Waals surface area (Å²) in [5.74, 6) is -0.394. The summed E-state index contributed by atoms with van der Waals surface area (Å²) in [4.78, 5) is 52.9. The molecule has 1 aromatic heterocycles. The van der Waals surface area contributed by atoms with Gasteiger partial charge in [-0.2, -0.15) is 5.10 Å². The van der Waals surface area contributed by atoms with Crippen LogP contribution in [0.3, 0.4) is 0 Å². The molecule has 6 rings (SSSR count). The number of dihydropyridines is 1. The molecular weight excluding hydrogens is 778 g/mol. The van der Waals surface area contributed by atoms with E-state index >= 15 is 0 Å². The molecule has 11 nitrogen and oxygen atoms in total. The van der Waals surface area contributed by atoms with Gasteiger partial charge in [0.05, 0.1) is 19.8 Å². The van der Waals surface area contributed by atoms with Crippen molar-refractivity contribution in [3.05, 3.63) is 93.4 Å². The summed E-state index contributed by atoms with van der Waals surface area (Å²) in [6, 6.07) is 15.3. The van der Waals surface area contributed by atoms with Crippen molar-refractivity contribution in [2.75, 3.05) is 51.5 Å². The largest absolute Gasteiger partial charge is 0.461 e. The summed E-state index contributed by atoms with van der Waals surface area (Å²) in [5, 5.41) is 5.43. The van der Waals surface area contributed by atoms with E-state index in [2.05, 4.69) is 26.0 Å². The summed E-state index contributed by atoms with van der Waals surface area (Å²) in [6.07, 6.45) is 7.85. The van der Waals surface area contributed by atoms with Crippen molar-refractivity contribution in [2.45, 2.75) is 59.9 Å². The second kappa shape index (κ2) is 23.1. The van der Waals surface area contributed by atoms with Crippen molar-refractivity contribution >= 4 is 57.3 Å². The smallest absolute Gasteiger partial charge is 0.362 e. The molecule has 3 aliphatic rings. The quantitative estimate of drug-likeness (QED) is 0.165. The van der Waals surface area contributed by atoms with Crippen molar-refractivity contribution in [3.63, 3.8) is 0 Å². The molecule has 0 unspecified atom stereocenters. The van der Waals surface area contributed by atoms with Gasteiger partial charge in [0.15, 0.2) is 5.71 Å². The van der Waals surface area contributed by atoms with Gasteiger partial charge < -0.3 is 18.9 Å². The van der Waals surface area contributed by atoms with Crippen LogP contribution in [0.4, 0.5) is 0 Å². The Kier molecular flexibility index (Phi) is 19.0. The summed E-state index contributed by atoms with van der Waals surface area (Å²) in [7, 11) is 0. The van der Waals surface area contributed by atoms with E-state index in [1.807, 2.05) is 62.4 Å². The number of hydrogen-bond acceptors (Lipinski definition) is 10. The maximum absolute atomic E-state index is 12.8. The molecular formula is C41H51BrClN3O8. The number of hydrogen-bond donors (Lipinski definition) is 0. The standard InChI is InChI=1S/C20H24N2O4.C15H15NO3.C6H11BrO.ClH/c1-3-26-20(24)18-19(23)17(16-6-4-14(2)5-7-16)13-22(21-18)12-15-8-10-25-11-9-15;1-3-19-15(18)13-14(17)12(8-9-16-13)11-6-4-10(2)5-7-11;7-5-6-1-3-8-4-2-6;/h4-7,13,15H,3,8-12H2,1-2H3;4-8H,3,9H2,1-2H3;6H,1-5H2;1H. The van der Waals surface area contributed by atoms with Gasteiger partial charge in [-0.05, 0) is 76.3 Å². The van der Waals surface area contributed by atoms with Gasteiger partial charge in [-0.1, -0.05) is 81.7 Å². The van der Waals surface area contributed by atoms with E-state index in [0.29, 0.717) is 30.1 Å². The zero-order valence-corrected chi connectivity index (χ0v) is 33.9. The number of aliphatic imine (C=N–C) groups is 1. The van der Waals surface area contributed by atoms with Crippen molar-refractivity contribution in [1.29, 1.82) is 0 Å². The molecule has 4 heterocycles. The Labute approximate surface area is 332 Å². The molecule has 3 aromatic rings. The van der Waals surface area contributed by atoms with Crippen molar-refractivity contribution in [1.82, 2.24) is 9.78 Å². The average Bonchev–Trinajstić information content (AvgIpc) is 3.18. The second-order valence-electron chi connectivity index (χ2n) is 13.0. The molecule has 0 spiro atoms. The number of halogens is 2. The van der Waals surface area contributed by atoms with Gasteiger partial charge in [0.1, 0.15) is 0 Å². The summed E-state index contributed by atoms with van der Waals surface area (Å²) >= 11 is 3.46. The van der Waals surface area contributed by atoms with Crippen LogP contribution in [-0.4, -0.2) is 84.7 Å². The first-order chi connectivity index (χ1) is 25.6. The predicted molar refractivity (Wildman–Crippen MR) is 216 cm³/mol. The Hall–Kier alpha value is -3.97. The number of ether oxygens (including phenoxy) is 4. The Morgan fingerprint density at radius 1 is 0.796 bits per heavy atom. The SMILES string of the molecule is BrCC1CCOCC1.CCOC(=O)C1=NCC=C(c2ccc(C)cc2)C1=O.CCOC(=O)c1nn(CC2CCOCC2)cc(-c2ccc(C)cc2)c1=O.Cl. The van der Waals surface area contributed by atoms with Crippen LogP contribution >= 0.6 is 28.3 Å². The fraction of sp³-hybridized carbons (Fsp3) is 0.463. The lowest BCUT2D eigenvalue weighted by atomic mass is 9.96. The van der Waals surface area contributed by atoms with E-state index in [1.54, 1.807) is 30.8 Å². The average molecular weight is 829 g/mol. The molecule has 0 N–H and O–H groups in total. The lowest BCUT2D eigenvalue weighted by Crippen LogP contribution is -2.29. The van der Waals surface area contributed by atoms with Crippen molar-refractivity contribution in [3.8, 4) is 11.1 Å². The Morgan fingerprint density at radius 2 is 1.31 bits per heavy atom. The molecule has 13 heteroatoms. The highest BCUT2D eigenvalue weighted by atomic mass is 79.9. The van der Waals surface area contributed by atoms with Crippen LogP contribution < -0.4 is 5.43 Å². The number of esters is 2. The Morgan fingerprint density at radius 3 is 1.83 bits per heavy atom. The first-order valence-electron chi connectivity index (χ1n) is 18.3. The van der Waals surface area contributed by atoms with E-state index in [1.165, 1.54) is 12.8 Å². The topological polar surface area (TPSA) is 135 Å². The number of aryl methyl sites for hydroxylation is 2. The number of benzene rings is 2. The van der Waals surface area contributed by atoms with Crippen LogP contribution in [0.2, 0.25) is 0 Å². The highest BCUT2D eigenvalue weighted by molar-refractivity contribution is 9.09. The van der Waals surface area contributed by atoms with Crippen LogP contribution in [0, 0.1) is 25.7 Å². The molecule has 0 radical (unpaired) electrons. The molecule has 0 amide bonds.